The minimum Gasteiger partial charge on any atom is -0.314 e. The lowest BCUT2D eigenvalue weighted by Crippen LogP contribution is -2.24. The molecule has 3 heteroatoms. The van der Waals surface area contributed by atoms with Gasteiger partial charge in [-0.1, -0.05) is 31.5 Å². The van der Waals surface area contributed by atoms with Crippen molar-refractivity contribution in [2.45, 2.75) is 45.1 Å². The van der Waals surface area contributed by atoms with Gasteiger partial charge in [0.1, 0.15) is 5.82 Å². The van der Waals surface area contributed by atoms with Crippen molar-refractivity contribution < 1.29 is 4.39 Å². The van der Waals surface area contributed by atoms with Crippen LogP contribution in [0.25, 0.3) is 0 Å². The number of rotatable bonds is 3. The highest BCUT2D eigenvalue weighted by atomic mass is 35.5. The molecule has 2 rings (SSSR count). The maximum Gasteiger partial charge on any atom is 0.145 e. The van der Waals surface area contributed by atoms with Gasteiger partial charge in [0, 0.05) is 6.04 Å². The van der Waals surface area contributed by atoms with Crippen LogP contribution >= 0.6 is 11.6 Å². The molecule has 0 aromatic heterocycles. The largest absolute Gasteiger partial charge is 0.314 e. The van der Waals surface area contributed by atoms with Crippen LogP contribution < -0.4 is 5.32 Å². The second-order valence-corrected chi connectivity index (χ2v) is 5.54. The molecule has 1 atom stereocenters. The highest BCUT2D eigenvalue weighted by molar-refractivity contribution is 6.30. The van der Waals surface area contributed by atoms with E-state index in [9.17, 15) is 4.39 Å². The van der Waals surface area contributed by atoms with Crippen molar-refractivity contribution in [2.75, 3.05) is 6.54 Å². The monoisotopic (exact) mass is 255 g/mol. The Hall–Kier alpha value is -0.600. The fourth-order valence-electron chi connectivity index (χ4n) is 2.35. The van der Waals surface area contributed by atoms with Gasteiger partial charge in [-0.25, -0.2) is 4.39 Å². The minimum absolute atomic E-state index is 0.246. The highest BCUT2D eigenvalue weighted by Gasteiger charge is 2.18. The van der Waals surface area contributed by atoms with Gasteiger partial charge in [-0.2, -0.15) is 0 Å². The van der Waals surface area contributed by atoms with Crippen LogP contribution in [-0.2, 0) is 6.42 Å². The lowest BCUT2D eigenvalue weighted by Gasteiger charge is -2.14. The summed E-state index contributed by atoms with van der Waals surface area (Å²) in [6.07, 6.45) is 3.05. The molecule has 1 aromatic carbocycles. The molecule has 1 N–H and O–H groups in total. The van der Waals surface area contributed by atoms with E-state index >= 15 is 0 Å². The molecule has 1 aliphatic heterocycles. The van der Waals surface area contributed by atoms with Gasteiger partial charge in [-0.05, 0) is 48.9 Å². The second kappa shape index (κ2) is 5.36. The summed E-state index contributed by atoms with van der Waals surface area (Å²) in [6.45, 7) is 5.24. The summed E-state index contributed by atoms with van der Waals surface area (Å²) in [5, 5.41) is 3.64. The summed E-state index contributed by atoms with van der Waals surface area (Å²) in [7, 11) is 0. The molecule has 0 amide bonds. The van der Waals surface area contributed by atoms with E-state index < -0.39 is 0 Å². The third-order valence-electron chi connectivity index (χ3n) is 3.42. The molecule has 1 heterocycles. The summed E-state index contributed by atoms with van der Waals surface area (Å²) in [5.74, 6) is 0.133. The molecule has 1 saturated heterocycles. The Kier molecular flexibility index (Phi) is 4.05. The van der Waals surface area contributed by atoms with Crippen molar-refractivity contribution >= 4 is 11.6 Å². The van der Waals surface area contributed by atoms with E-state index in [1.165, 1.54) is 6.42 Å². The average molecular weight is 256 g/mol. The first-order valence-corrected chi connectivity index (χ1v) is 6.67. The van der Waals surface area contributed by atoms with Crippen LogP contribution in [0, 0.1) is 5.82 Å². The molecule has 0 aliphatic carbocycles. The number of hydrogen-bond acceptors (Lipinski definition) is 1. The third-order valence-corrected chi connectivity index (χ3v) is 3.70. The Morgan fingerprint density at radius 3 is 2.82 bits per heavy atom. The Labute approximate surface area is 107 Å². The molecule has 0 spiro atoms. The molecule has 1 aromatic rings. The first-order chi connectivity index (χ1) is 8.08. The van der Waals surface area contributed by atoms with E-state index in [1.807, 2.05) is 6.07 Å². The number of halogens is 2. The van der Waals surface area contributed by atoms with Crippen molar-refractivity contribution in [2.24, 2.45) is 0 Å². The number of nitrogens with one attached hydrogen (secondary N) is 1. The molecule has 1 fully saturated rings. The summed E-state index contributed by atoms with van der Waals surface area (Å²) in [4.78, 5) is 0. The maximum atomic E-state index is 13.9. The number of hydrogen-bond donors (Lipinski definition) is 1. The van der Waals surface area contributed by atoms with Gasteiger partial charge in [-0.3, -0.25) is 0 Å². The van der Waals surface area contributed by atoms with Crippen molar-refractivity contribution in [1.82, 2.24) is 5.32 Å². The summed E-state index contributed by atoms with van der Waals surface area (Å²) in [6, 6.07) is 4.11. The van der Waals surface area contributed by atoms with Crippen LogP contribution in [0.5, 0.6) is 0 Å². The van der Waals surface area contributed by atoms with Gasteiger partial charge in [0.15, 0.2) is 0 Å². The van der Waals surface area contributed by atoms with Crippen LogP contribution in [0.3, 0.4) is 0 Å². The van der Waals surface area contributed by atoms with Gasteiger partial charge in [-0.15, -0.1) is 0 Å². The predicted molar refractivity (Wildman–Crippen MR) is 70.2 cm³/mol. The van der Waals surface area contributed by atoms with Crippen LogP contribution in [0.2, 0.25) is 5.02 Å². The first kappa shape index (κ1) is 12.8. The first-order valence-electron chi connectivity index (χ1n) is 6.29. The smallest absolute Gasteiger partial charge is 0.145 e. The SMILES string of the molecule is CC(C)c1cc(Cl)c(F)c(CC2CCCN2)c1. The molecule has 1 nitrogen and oxygen atoms in total. The van der Waals surface area contributed by atoms with Gasteiger partial charge >= 0.3 is 0 Å². The van der Waals surface area contributed by atoms with E-state index in [-0.39, 0.29) is 10.8 Å². The van der Waals surface area contributed by atoms with Crippen molar-refractivity contribution in [3.8, 4) is 0 Å². The molecule has 0 bridgehead atoms. The third kappa shape index (κ3) is 2.99. The van der Waals surface area contributed by atoms with Crippen molar-refractivity contribution in [3.05, 3.63) is 34.1 Å². The molecule has 1 unspecified atom stereocenters. The zero-order valence-corrected chi connectivity index (χ0v) is 11.1. The molecule has 0 radical (unpaired) electrons. The predicted octanol–water partition coefficient (Wildman–Crippen LogP) is 3.90. The molecule has 17 heavy (non-hydrogen) atoms. The quantitative estimate of drug-likeness (QED) is 0.864. The maximum absolute atomic E-state index is 13.9. The Morgan fingerprint density at radius 1 is 1.47 bits per heavy atom. The molecule has 94 valence electrons. The van der Waals surface area contributed by atoms with Crippen LogP contribution in [0.4, 0.5) is 4.39 Å². The fraction of sp³-hybridized carbons (Fsp3) is 0.571. The van der Waals surface area contributed by atoms with E-state index in [2.05, 4.69) is 19.2 Å². The summed E-state index contributed by atoms with van der Waals surface area (Å²) < 4.78 is 13.9. The zero-order valence-electron chi connectivity index (χ0n) is 10.4. The Balaban J connectivity index is 2.24. The second-order valence-electron chi connectivity index (χ2n) is 5.13. The topological polar surface area (TPSA) is 12.0 Å². The average Bonchev–Trinajstić information content (AvgIpc) is 2.77. The van der Waals surface area contributed by atoms with Crippen LogP contribution in [0.1, 0.15) is 43.7 Å². The molecular formula is C14H19ClFN. The Morgan fingerprint density at radius 2 is 2.24 bits per heavy atom. The lowest BCUT2D eigenvalue weighted by atomic mass is 9.97. The highest BCUT2D eigenvalue weighted by Crippen LogP contribution is 2.27. The molecule has 1 aliphatic rings. The van der Waals surface area contributed by atoms with E-state index in [1.54, 1.807) is 6.07 Å². The van der Waals surface area contributed by atoms with Gasteiger partial charge < -0.3 is 5.32 Å². The van der Waals surface area contributed by atoms with Gasteiger partial charge in [0.25, 0.3) is 0 Å². The lowest BCUT2D eigenvalue weighted by molar-refractivity contribution is 0.559. The minimum atomic E-state index is -0.246. The fourth-order valence-corrected chi connectivity index (χ4v) is 2.59. The Bertz CT molecular complexity index is 397. The summed E-state index contributed by atoms with van der Waals surface area (Å²) >= 11 is 5.95. The van der Waals surface area contributed by atoms with Gasteiger partial charge in [0.05, 0.1) is 5.02 Å². The van der Waals surface area contributed by atoms with E-state index in [0.29, 0.717) is 12.0 Å². The van der Waals surface area contributed by atoms with Crippen molar-refractivity contribution in [1.29, 1.82) is 0 Å². The number of benzene rings is 1. The van der Waals surface area contributed by atoms with Crippen LogP contribution in [-0.4, -0.2) is 12.6 Å². The molecule has 0 saturated carbocycles. The van der Waals surface area contributed by atoms with E-state index in [4.69, 9.17) is 11.6 Å². The van der Waals surface area contributed by atoms with Crippen LogP contribution in [0.15, 0.2) is 12.1 Å². The van der Waals surface area contributed by atoms with Crippen molar-refractivity contribution in [3.63, 3.8) is 0 Å². The standard InChI is InChI=1S/C14H19ClFN/c1-9(2)10-6-11(14(16)13(15)8-10)7-12-4-3-5-17-12/h6,8-9,12,17H,3-5,7H2,1-2H3. The normalized spacial score (nSPS) is 20.2. The van der Waals surface area contributed by atoms with Gasteiger partial charge in [0.2, 0.25) is 0 Å². The summed E-state index contributed by atoms with van der Waals surface area (Å²) in [5.41, 5.74) is 1.87. The van der Waals surface area contributed by atoms with E-state index in [0.717, 1.165) is 30.5 Å². The molecular weight excluding hydrogens is 237 g/mol. The zero-order chi connectivity index (χ0) is 12.4.